The van der Waals surface area contributed by atoms with Crippen LogP contribution in [0.4, 0.5) is 5.69 Å². The Bertz CT molecular complexity index is 731. The third-order valence-electron chi connectivity index (χ3n) is 5.58. The van der Waals surface area contributed by atoms with Crippen LogP contribution in [-0.4, -0.2) is 49.0 Å². The van der Waals surface area contributed by atoms with Gasteiger partial charge in [-0.1, -0.05) is 0 Å². The molecule has 0 unspecified atom stereocenters. The van der Waals surface area contributed by atoms with E-state index in [2.05, 4.69) is 5.32 Å². The number of aliphatic hydroxyl groups is 1. The van der Waals surface area contributed by atoms with Crippen LogP contribution in [0.2, 0.25) is 0 Å². The lowest BCUT2D eigenvalue weighted by atomic mass is 9.84. The van der Waals surface area contributed by atoms with E-state index in [1.54, 1.807) is 0 Å². The number of fused-ring (bicyclic) bond motifs is 3. The second-order valence-corrected chi connectivity index (χ2v) is 7.63. The lowest BCUT2D eigenvalue weighted by Gasteiger charge is -2.36. The summed E-state index contributed by atoms with van der Waals surface area (Å²) in [6.07, 6.45) is 2.46. The van der Waals surface area contributed by atoms with Gasteiger partial charge in [-0.2, -0.15) is 0 Å². The van der Waals surface area contributed by atoms with E-state index in [0.717, 1.165) is 29.8 Å². The van der Waals surface area contributed by atoms with Crippen molar-refractivity contribution in [2.75, 3.05) is 19.0 Å². The summed E-state index contributed by atoms with van der Waals surface area (Å²) >= 11 is 0. The number of anilines is 1. The van der Waals surface area contributed by atoms with Gasteiger partial charge in [-0.05, 0) is 43.4 Å². The Kier molecular flexibility index (Phi) is 5.06. The van der Waals surface area contributed by atoms with Crippen LogP contribution in [0.1, 0.15) is 43.6 Å². The molecule has 146 valence electrons. The van der Waals surface area contributed by atoms with Gasteiger partial charge in [-0.3, -0.25) is 9.59 Å². The fraction of sp³-hybridized carbons (Fsp3) is 0.600. The van der Waals surface area contributed by atoms with Gasteiger partial charge in [-0.15, -0.1) is 0 Å². The first-order valence-electron chi connectivity index (χ1n) is 9.51. The summed E-state index contributed by atoms with van der Waals surface area (Å²) in [7, 11) is 1.35. The van der Waals surface area contributed by atoms with Crippen LogP contribution in [0, 0.1) is 5.92 Å². The molecule has 0 bridgehead atoms. The monoisotopic (exact) mass is 375 g/mol. The summed E-state index contributed by atoms with van der Waals surface area (Å²) in [6, 6.07) is 5.63. The van der Waals surface area contributed by atoms with Gasteiger partial charge in [0.15, 0.2) is 0 Å². The molecule has 1 saturated carbocycles. The zero-order valence-corrected chi connectivity index (χ0v) is 15.3. The summed E-state index contributed by atoms with van der Waals surface area (Å²) in [5.41, 5.74) is 1.74. The Morgan fingerprint density at radius 2 is 2.11 bits per heavy atom. The van der Waals surface area contributed by atoms with Crippen molar-refractivity contribution in [2.45, 2.75) is 56.3 Å². The van der Waals surface area contributed by atoms with Crippen molar-refractivity contribution in [3.63, 3.8) is 0 Å². The van der Waals surface area contributed by atoms with Crippen molar-refractivity contribution in [1.82, 2.24) is 0 Å². The minimum absolute atomic E-state index is 0.000778. The fourth-order valence-electron chi connectivity index (χ4n) is 4.03. The molecule has 1 aromatic carbocycles. The number of ether oxygens (including phenoxy) is 3. The number of benzene rings is 1. The molecule has 7 heteroatoms. The summed E-state index contributed by atoms with van der Waals surface area (Å²) in [5, 5.41) is 12.7. The highest BCUT2D eigenvalue weighted by Gasteiger charge is 2.46. The average Bonchev–Trinajstić information content (AvgIpc) is 3.39. The first-order chi connectivity index (χ1) is 13.1. The lowest BCUT2D eigenvalue weighted by Crippen LogP contribution is -2.46. The van der Waals surface area contributed by atoms with Crippen LogP contribution in [0.25, 0.3) is 0 Å². The van der Waals surface area contributed by atoms with E-state index in [0.29, 0.717) is 18.8 Å². The predicted octanol–water partition coefficient (Wildman–Crippen LogP) is 1.98. The van der Waals surface area contributed by atoms with Crippen molar-refractivity contribution < 1.29 is 28.9 Å². The van der Waals surface area contributed by atoms with E-state index in [1.165, 1.54) is 7.11 Å². The molecule has 2 aliphatic heterocycles. The first kappa shape index (κ1) is 18.3. The molecule has 2 heterocycles. The lowest BCUT2D eigenvalue weighted by molar-refractivity contribution is -0.156. The quantitative estimate of drug-likeness (QED) is 0.739. The van der Waals surface area contributed by atoms with Gasteiger partial charge in [0, 0.05) is 23.6 Å². The van der Waals surface area contributed by atoms with Crippen LogP contribution in [0.5, 0.6) is 5.75 Å². The Labute approximate surface area is 158 Å². The third-order valence-corrected chi connectivity index (χ3v) is 5.58. The molecule has 4 rings (SSSR count). The van der Waals surface area contributed by atoms with Gasteiger partial charge in [0.2, 0.25) is 5.91 Å². The first-order valence-corrected chi connectivity index (χ1v) is 9.51. The Morgan fingerprint density at radius 3 is 2.81 bits per heavy atom. The highest BCUT2D eigenvalue weighted by Crippen LogP contribution is 2.47. The Balaban J connectivity index is 1.50. The molecule has 1 amide bonds. The second-order valence-electron chi connectivity index (χ2n) is 7.63. The van der Waals surface area contributed by atoms with Gasteiger partial charge in [0.25, 0.3) is 0 Å². The molecule has 3 aliphatic rings. The summed E-state index contributed by atoms with van der Waals surface area (Å²) in [6.45, 7) is -0.183. The Hall–Kier alpha value is -2.12. The minimum Gasteiger partial charge on any atom is -0.487 e. The van der Waals surface area contributed by atoms with Gasteiger partial charge in [0.1, 0.15) is 18.0 Å². The molecule has 4 atom stereocenters. The zero-order chi connectivity index (χ0) is 19.0. The van der Waals surface area contributed by atoms with Gasteiger partial charge >= 0.3 is 5.97 Å². The molecule has 1 aliphatic carbocycles. The normalized spacial score (nSPS) is 28.7. The molecule has 2 N–H and O–H groups in total. The van der Waals surface area contributed by atoms with Crippen LogP contribution >= 0.6 is 0 Å². The van der Waals surface area contributed by atoms with Crippen LogP contribution < -0.4 is 10.1 Å². The molecule has 1 aromatic rings. The van der Waals surface area contributed by atoms with E-state index in [1.807, 2.05) is 18.2 Å². The predicted molar refractivity (Wildman–Crippen MR) is 96.6 cm³/mol. The number of esters is 1. The molecule has 0 spiro atoms. The van der Waals surface area contributed by atoms with E-state index in [-0.39, 0.29) is 43.0 Å². The largest absolute Gasteiger partial charge is 0.487 e. The number of carbonyl (C=O) groups excluding carboxylic acids is 2. The van der Waals surface area contributed by atoms with E-state index in [4.69, 9.17) is 14.2 Å². The van der Waals surface area contributed by atoms with E-state index >= 15 is 0 Å². The molecular weight excluding hydrogens is 350 g/mol. The van der Waals surface area contributed by atoms with Crippen LogP contribution in [0.3, 0.4) is 0 Å². The molecule has 0 radical (unpaired) electrons. The highest BCUT2D eigenvalue weighted by molar-refractivity contribution is 5.91. The van der Waals surface area contributed by atoms with Crippen molar-refractivity contribution in [1.29, 1.82) is 0 Å². The fourth-order valence-corrected chi connectivity index (χ4v) is 4.03. The number of rotatable bonds is 6. The highest BCUT2D eigenvalue weighted by atomic mass is 16.6. The number of amides is 1. The maximum absolute atomic E-state index is 12.1. The molecule has 7 nitrogen and oxygen atoms in total. The number of hydrogen-bond acceptors (Lipinski definition) is 6. The maximum Gasteiger partial charge on any atom is 0.308 e. The number of methoxy groups -OCH3 is 1. The third kappa shape index (κ3) is 3.94. The number of aliphatic hydroxyl groups excluding tert-OH is 1. The summed E-state index contributed by atoms with van der Waals surface area (Å²) < 4.78 is 16.6. The molecule has 1 saturated heterocycles. The van der Waals surface area contributed by atoms with Gasteiger partial charge in [0.05, 0.1) is 26.2 Å². The minimum atomic E-state index is -0.501. The van der Waals surface area contributed by atoms with E-state index in [9.17, 15) is 14.7 Å². The SMILES string of the molecule is COC(=O)C[C@H]1C[C@@H]2c3cc(NC(=O)CC4CC4)ccc3O[C@@H]2[C@@H](CO)O1. The average molecular weight is 375 g/mol. The molecular formula is C20H25NO6. The standard InChI is InChI=1S/C20H25NO6/c1-25-19(24)9-13-8-15-14-7-12(21-18(23)6-11-2-3-11)4-5-16(14)27-20(15)17(10-22)26-13/h4-5,7,11,13,15,17,20,22H,2-3,6,8-10H2,1H3,(H,21,23)/t13-,15-,17-,20+/m1/s1. The van der Waals surface area contributed by atoms with Crippen LogP contribution in [0.15, 0.2) is 18.2 Å². The van der Waals surface area contributed by atoms with Crippen molar-refractivity contribution in [2.24, 2.45) is 5.92 Å². The number of hydrogen-bond donors (Lipinski definition) is 2. The van der Waals surface area contributed by atoms with E-state index < -0.39 is 6.10 Å². The second kappa shape index (κ2) is 7.48. The smallest absolute Gasteiger partial charge is 0.308 e. The van der Waals surface area contributed by atoms with Crippen molar-refractivity contribution >= 4 is 17.6 Å². The van der Waals surface area contributed by atoms with Crippen LogP contribution in [-0.2, 0) is 19.1 Å². The summed E-state index contributed by atoms with van der Waals surface area (Å²) in [4.78, 5) is 23.7. The van der Waals surface area contributed by atoms with Gasteiger partial charge in [-0.25, -0.2) is 0 Å². The molecule has 27 heavy (non-hydrogen) atoms. The summed E-state index contributed by atoms with van der Waals surface area (Å²) in [5.74, 6) is 0.978. The zero-order valence-electron chi connectivity index (χ0n) is 15.3. The van der Waals surface area contributed by atoms with Crippen molar-refractivity contribution in [3.05, 3.63) is 23.8 Å². The number of carbonyl (C=O) groups is 2. The van der Waals surface area contributed by atoms with Crippen molar-refractivity contribution in [3.8, 4) is 5.75 Å². The van der Waals surface area contributed by atoms with Gasteiger partial charge < -0.3 is 24.6 Å². The maximum atomic E-state index is 12.1. The Morgan fingerprint density at radius 1 is 1.30 bits per heavy atom. The molecule has 2 fully saturated rings. The molecule has 0 aromatic heterocycles. The topological polar surface area (TPSA) is 94.1 Å². The number of nitrogens with one attached hydrogen (secondary N) is 1.